The Bertz CT molecular complexity index is 797. The van der Waals surface area contributed by atoms with Crippen molar-refractivity contribution in [1.82, 2.24) is 14.5 Å². The van der Waals surface area contributed by atoms with Gasteiger partial charge in [-0.2, -0.15) is 0 Å². The number of methoxy groups -OCH3 is 1. The molecular formula is C21H27N3O3. The number of ether oxygens (including phenoxy) is 1. The number of carbonyl (C=O) groups is 1. The summed E-state index contributed by atoms with van der Waals surface area (Å²) in [6, 6.07) is 8.32. The number of para-hydroxylation sites is 1. The Hall–Kier alpha value is -2.34. The van der Waals surface area contributed by atoms with Crippen molar-refractivity contribution in [2.45, 2.75) is 44.2 Å². The third kappa shape index (κ3) is 3.58. The standard InChI is InChI=1S/C21H27N3O3/c1-27-20-9-5-4-8-17(20)18-12-23(13-19(18)21(25)26)11-16-10-22-14-24(16)15-6-2-3-7-15/h4-5,8-10,14-15,18-19H,2-3,6-7,11-13H2,1H3,(H,25,26)/t18-,19+/m0/s1. The van der Waals surface area contributed by atoms with Crippen molar-refractivity contribution in [3.8, 4) is 5.75 Å². The molecule has 27 heavy (non-hydrogen) atoms. The van der Waals surface area contributed by atoms with Gasteiger partial charge < -0.3 is 14.4 Å². The van der Waals surface area contributed by atoms with E-state index in [-0.39, 0.29) is 5.92 Å². The molecule has 1 aromatic carbocycles. The summed E-state index contributed by atoms with van der Waals surface area (Å²) in [5.74, 6) is -0.463. The Balaban J connectivity index is 1.54. The summed E-state index contributed by atoms with van der Waals surface area (Å²) in [6.45, 7) is 2.01. The summed E-state index contributed by atoms with van der Waals surface area (Å²) in [5, 5.41) is 9.79. The van der Waals surface area contributed by atoms with Crippen molar-refractivity contribution in [1.29, 1.82) is 0 Å². The Morgan fingerprint density at radius 1 is 1.26 bits per heavy atom. The van der Waals surface area contributed by atoms with Gasteiger partial charge in [-0.05, 0) is 24.5 Å². The van der Waals surface area contributed by atoms with Crippen molar-refractivity contribution in [3.63, 3.8) is 0 Å². The van der Waals surface area contributed by atoms with Gasteiger partial charge in [0.2, 0.25) is 0 Å². The quantitative estimate of drug-likeness (QED) is 0.846. The van der Waals surface area contributed by atoms with Gasteiger partial charge in [0.25, 0.3) is 0 Å². The lowest BCUT2D eigenvalue weighted by atomic mass is 9.88. The number of imidazole rings is 1. The average Bonchev–Trinajstić information content (AvgIpc) is 3.42. The summed E-state index contributed by atoms with van der Waals surface area (Å²) in [7, 11) is 1.64. The fraction of sp³-hybridized carbons (Fsp3) is 0.524. The second kappa shape index (κ2) is 7.72. The van der Waals surface area contributed by atoms with Gasteiger partial charge >= 0.3 is 5.97 Å². The van der Waals surface area contributed by atoms with Crippen LogP contribution in [0.15, 0.2) is 36.8 Å². The highest BCUT2D eigenvalue weighted by Gasteiger charge is 2.40. The number of rotatable bonds is 6. The van der Waals surface area contributed by atoms with Crippen LogP contribution in [-0.2, 0) is 11.3 Å². The van der Waals surface area contributed by atoms with Gasteiger partial charge in [-0.1, -0.05) is 31.0 Å². The lowest BCUT2D eigenvalue weighted by Crippen LogP contribution is -2.24. The number of hydrogen-bond donors (Lipinski definition) is 1. The maximum absolute atomic E-state index is 11.9. The van der Waals surface area contributed by atoms with E-state index in [0.717, 1.165) is 17.9 Å². The first-order valence-corrected chi connectivity index (χ1v) is 9.76. The van der Waals surface area contributed by atoms with Crippen LogP contribution < -0.4 is 4.74 Å². The summed E-state index contributed by atoms with van der Waals surface area (Å²) in [4.78, 5) is 18.5. The maximum atomic E-state index is 11.9. The van der Waals surface area contributed by atoms with Crippen LogP contribution in [0.1, 0.15) is 48.9 Å². The molecule has 6 nitrogen and oxygen atoms in total. The molecule has 144 valence electrons. The topological polar surface area (TPSA) is 67.6 Å². The fourth-order valence-electron chi connectivity index (χ4n) is 4.75. The number of carboxylic acid groups (broad SMARTS) is 1. The van der Waals surface area contributed by atoms with Crippen molar-refractivity contribution in [3.05, 3.63) is 48.0 Å². The van der Waals surface area contributed by atoms with E-state index < -0.39 is 11.9 Å². The first kappa shape index (κ1) is 18.0. The van der Waals surface area contributed by atoms with Gasteiger partial charge in [0, 0.05) is 37.8 Å². The molecule has 2 atom stereocenters. The molecule has 1 aliphatic heterocycles. The largest absolute Gasteiger partial charge is 0.496 e. The monoisotopic (exact) mass is 369 g/mol. The molecular weight excluding hydrogens is 342 g/mol. The SMILES string of the molecule is COc1ccccc1[C@@H]1CN(Cc2cncn2C2CCCC2)C[C@H]1C(=O)O. The summed E-state index contributed by atoms with van der Waals surface area (Å²) in [6.07, 6.45) is 8.86. The van der Waals surface area contributed by atoms with Crippen LogP contribution in [0.3, 0.4) is 0 Å². The summed E-state index contributed by atoms with van der Waals surface area (Å²) in [5.41, 5.74) is 2.17. The average molecular weight is 369 g/mol. The van der Waals surface area contributed by atoms with Crippen LogP contribution in [0.4, 0.5) is 0 Å². The van der Waals surface area contributed by atoms with E-state index in [2.05, 4.69) is 14.5 Å². The van der Waals surface area contributed by atoms with Crippen LogP contribution in [-0.4, -0.2) is 45.7 Å². The van der Waals surface area contributed by atoms with Crippen molar-refractivity contribution in [2.24, 2.45) is 5.92 Å². The van der Waals surface area contributed by atoms with Gasteiger partial charge in [0.05, 0.1) is 25.0 Å². The Morgan fingerprint density at radius 3 is 2.78 bits per heavy atom. The van der Waals surface area contributed by atoms with E-state index in [9.17, 15) is 9.90 Å². The molecule has 1 N–H and O–H groups in total. The number of nitrogens with zero attached hydrogens (tertiary/aromatic N) is 3. The smallest absolute Gasteiger partial charge is 0.308 e. The maximum Gasteiger partial charge on any atom is 0.308 e. The third-order valence-corrected chi connectivity index (χ3v) is 6.10. The molecule has 0 unspecified atom stereocenters. The molecule has 2 aromatic rings. The minimum absolute atomic E-state index is 0.0681. The summed E-state index contributed by atoms with van der Waals surface area (Å²) < 4.78 is 7.79. The van der Waals surface area contributed by atoms with Crippen LogP contribution in [0.5, 0.6) is 5.75 Å². The number of likely N-dealkylation sites (tertiary alicyclic amines) is 1. The van der Waals surface area contributed by atoms with Crippen LogP contribution >= 0.6 is 0 Å². The van der Waals surface area contributed by atoms with E-state index in [4.69, 9.17) is 4.74 Å². The molecule has 1 aliphatic carbocycles. The van der Waals surface area contributed by atoms with E-state index in [1.807, 2.05) is 36.8 Å². The van der Waals surface area contributed by atoms with Gasteiger partial charge in [0.1, 0.15) is 5.75 Å². The Labute approximate surface area is 159 Å². The predicted octanol–water partition coefficient (Wildman–Crippen LogP) is 3.31. The molecule has 1 saturated carbocycles. The Morgan fingerprint density at radius 2 is 2.04 bits per heavy atom. The van der Waals surface area contributed by atoms with Crippen LogP contribution in [0.25, 0.3) is 0 Å². The normalized spacial score (nSPS) is 23.7. The Kier molecular flexibility index (Phi) is 5.16. The van der Waals surface area contributed by atoms with Crippen molar-refractivity contribution in [2.75, 3.05) is 20.2 Å². The zero-order valence-electron chi connectivity index (χ0n) is 15.8. The molecule has 4 rings (SSSR count). The van der Waals surface area contributed by atoms with E-state index in [1.54, 1.807) is 7.11 Å². The highest BCUT2D eigenvalue weighted by Crippen LogP contribution is 2.38. The molecule has 0 amide bonds. The third-order valence-electron chi connectivity index (χ3n) is 6.10. The molecule has 0 radical (unpaired) electrons. The number of hydrogen-bond acceptors (Lipinski definition) is 4. The lowest BCUT2D eigenvalue weighted by Gasteiger charge is -2.20. The highest BCUT2D eigenvalue weighted by molar-refractivity contribution is 5.72. The van der Waals surface area contributed by atoms with E-state index in [1.165, 1.54) is 31.4 Å². The number of carboxylic acids is 1. The first-order valence-electron chi connectivity index (χ1n) is 9.76. The lowest BCUT2D eigenvalue weighted by molar-refractivity contribution is -0.141. The van der Waals surface area contributed by atoms with Gasteiger partial charge in [-0.25, -0.2) is 4.98 Å². The summed E-state index contributed by atoms with van der Waals surface area (Å²) >= 11 is 0. The van der Waals surface area contributed by atoms with E-state index >= 15 is 0 Å². The minimum atomic E-state index is -0.738. The predicted molar refractivity (Wildman–Crippen MR) is 102 cm³/mol. The van der Waals surface area contributed by atoms with Crippen LogP contribution in [0, 0.1) is 5.92 Å². The number of aliphatic carboxylic acids is 1. The number of benzene rings is 1. The first-order chi connectivity index (χ1) is 13.2. The van der Waals surface area contributed by atoms with Crippen molar-refractivity contribution < 1.29 is 14.6 Å². The molecule has 2 fully saturated rings. The molecule has 2 aliphatic rings. The molecule has 0 bridgehead atoms. The van der Waals surface area contributed by atoms with Gasteiger partial charge in [0.15, 0.2) is 0 Å². The van der Waals surface area contributed by atoms with Crippen molar-refractivity contribution >= 4 is 5.97 Å². The molecule has 1 saturated heterocycles. The second-order valence-electron chi connectivity index (χ2n) is 7.72. The minimum Gasteiger partial charge on any atom is -0.496 e. The molecule has 6 heteroatoms. The molecule has 2 heterocycles. The van der Waals surface area contributed by atoms with E-state index in [0.29, 0.717) is 19.1 Å². The van der Waals surface area contributed by atoms with Crippen LogP contribution in [0.2, 0.25) is 0 Å². The van der Waals surface area contributed by atoms with Gasteiger partial charge in [-0.15, -0.1) is 0 Å². The van der Waals surface area contributed by atoms with Gasteiger partial charge in [-0.3, -0.25) is 9.69 Å². The highest BCUT2D eigenvalue weighted by atomic mass is 16.5. The fourth-order valence-corrected chi connectivity index (χ4v) is 4.75. The zero-order valence-corrected chi connectivity index (χ0v) is 15.8. The number of aromatic nitrogens is 2. The molecule has 1 aromatic heterocycles. The second-order valence-corrected chi connectivity index (χ2v) is 7.72. The molecule has 0 spiro atoms. The zero-order chi connectivity index (χ0) is 18.8.